The van der Waals surface area contributed by atoms with Gasteiger partial charge in [-0.25, -0.2) is 14.4 Å². The second-order valence-corrected chi connectivity index (χ2v) is 3.84. The SMILES string of the molecule is CCNc1ncc(F)cc1C(=O)NCc1cnc[nH]1. The van der Waals surface area contributed by atoms with Crippen LogP contribution in [0.1, 0.15) is 23.0 Å². The lowest BCUT2D eigenvalue weighted by atomic mass is 10.2. The fourth-order valence-electron chi connectivity index (χ4n) is 1.57. The van der Waals surface area contributed by atoms with Gasteiger partial charge in [0.2, 0.25) is 0 Å². The first-order valence-corrected chi connectivity index (χ1v) is 5.85. The van der Waals surface area contributed by atoms with Crippen molar-refractivity contribution in [2.45, 2.75) is 13.5 Å². The first-order valence-electron chi connectivity index (χ1n) is 5.85. The van der Waals surface area contributed by atoms with Crippen LogP contribution in [0.3, 0.4) is 0 Å². The number of amides is 1. The number of rotatable bonds is 5. The Hall–Kier alpha value is -2.44. The first kappa shape index (κ1) is 13.0. The maximum atomic E-state index is 13.2. The van der Waals surface area contributed by atoms with E-state index in [-0.39, 0.29) is 5.56 Å². The van der Waals surface area contributed by atoms with E-state index in [2.05, 4.69) is 25.6 Å². The molecule has 0 saturated heterocycles. The van der Waals surface area contributed by atoms with Gasteiger partial charge in [0.15, 0.2) is 0 Å². The van der Waals surface area contributed by atoms with E-state index < -0.39 is 11.7 Å². The highest BCUT2D eigenvalue weighted by atomic mass is 19.1. The molecule has 0 atom stereocenters. The number of imidazole rings is 1. The molecule has 0 unspecified atom stereocenters. The lowest BCUT2D eigenvalue weighted by Gasteiger charge is -2.09. The third-order valence-electron chi connectivity index (χ3n) is 2.44. The van der Waals surface area contributed by atoms with Crippen molar-refractivity contribution in [1.29, 1.82) is 0 Å². The number of anilines is 1. The van der Waals surface area contributed by atoms with Crippen LogP contribution in [-0.2, 0) is 6.54 Å². The molecule has 0 aliphatic rings. The molecule has 0 spiro atoms. The van der Waals surface area contributed by atoms with Crippen molar-refractivity contribution in [2.75, 3.05) is 11.9 Å². The van der Waals surface area contributed by atoms with Gasteiger partial charge in [0.05, 0.1) is 30.3 Å². The molecule has 0 saturated carbocycles. The number of carbonyl (C=O) groups excluding carboxylic acids is 1. The summed E-state index contributed by atoms with van der Waals surface area (Å²) in [4.78, 5) is 22.6. The van der Waals surface area contributed by atoms with E-state index in [4.69, 9.17) is 0 Å². The lowest BCUT2D eigenvalue weighted by molar-refractivity contribution is 0.0950. The fourth-order valence-corrected chi connectivity index (χ4v) is 1.57. The van der Waals surface area contributed by atoms with E-state index in [1.54, 1.807) is 6.20 Å². The van der Waals surface area contributed by atoms with Gasteiger partial charge in [0.25, 0.3) is 5.91 Å². The zero-order chi connectivity index (χ0) is 13.7. The summed E-state index contributed by atoms with van der Waals surface area (Å²) < 4.78 is 13.2. The van der Waals surface area contributed by atoms with Gasteiger partial charge in [-0.05, 0) is 13.0 Å². The van der Waals surface area contributed by atoms with Crippen LogP contribution in [0.2, 0.25) is 0 Å². The van der Waals surface area contributed by atoms with Crippen LogP contribution in [-0.4, -0.2) is 27.4 Å². The number of aromatic nitrogens is 3. The van der Waals surface area contributed by atoms with Crippen molar-refractivity contribution in [1.82, 2.24) is 20.3 Å². The van der Waals surface area contributed by atoms with Crippen LogP contribution >= 0.6 is 0 Å². The number of nitrogens with one attached hydrogen (secondary N) is 3. The summed E-state index contributed by atoms with van der Waals surface area (Å²) in [6.45, 7) is 2.76. The van der Waals surface area contributed by atoms with Crippen LogP contribution in [0, 0.1) is 5.82 Å². The zero-order valence-electron chi connectivity index (χ0n) is 10.4. The molecular weight excluding hydrogens is 249 g/mol. The second kappa shape index (κ2) is 5.94. The van der Waals surface area contributed by atoms with Gasteiger partial charge in [0, 0.05) is 12.7 Å². The average Bonchev–Trinajstić information content (AvgIpc) is 2.91. The second-order valence-electron chi connectivity index (χ2n) is 3.84. The van der Waals surface area contributed by atoms with Gasteiger partial charge in [-0.3, -0.25) is 4.79 Å². The number of carbonyl (C=O) groups is 1. The molecular formula is C12H14FN5O. The van der Waals surface area contributed by atoms with Crippen molar-refractivity contribution in [3.63, 3.8) is 0 Å². The Morgan fingerprint density at radius 3 is 3.00 bits per heavy atom. The van der Waals surface area contributed by atoms with Crippen LogP contribution in [0.5, 0.6) is 0 Å². The predicted octanol–water partition coefficient (Wildman–Crippen LogP) is 1.31. The molecule has 0 aliphatic carbocycles. The summed E-state index contributed by atoms with van der Waals surface area (Å²) in [6, 6.07) is 1.16. The van der Waals surface area contributed by atoms with Crippen molar-refractivity contribution in [3.8, 4) is 0 Å². The highest BCUT2D eigenvalue weighted by Crippen LogP contribution is 2.13. The highest BCUT2D eigenvalue weighted by Gasteiger charge is 2.13. The summed E-state index contributed by atoms with van der Waals surface area (Å²) in [5.41, 5.74) is 0.948. The van der Waals surface area contributed by atoms with E-state index in [0.717, 1.165) is 18.0 Å². The molecule has 0 bridgehead atoms. The monoisotopic (exact) mass is 263 g/mol. The van der Waals surface area contributed by atoms with Crippen LogP contribution in [0.25, 0.3) is 0 Å². The van der Waals surface area contributed by atoms with Gasteiger partial charge in [-0.15, -0.1) is 0 Å². The Balaban J connectivity index is 2.11. The van der Waals surface area contributed by atoms with E-state index in [1.165, 1.54) is 6.33 Å². The first-order chi connectivity index (χ1) is 9.20. The number of hydrogen-bond donors (Lipinski definition) is 3. The minimum atomic E-state index is -0.548. The van der Waals surface area contributed by atoms with Crippen molar-refractivity contribution >= 4 is 11.7 Å². The topological polar surface area (TPSA) is 82.7 Å². The molecule has 19 heavy (non-hydrogen) atoms. The predicted molar refractivity (Wildman–Crippen MR) is 68.1 cm³/mol. The molecule has 1 amide bonds. The normalized spacial score (nSPS) is 10.2. The number of pyridine rings is 1. The summed E-state index contributed by atoms with van der Waals surface area (Å²) in [5, 5.41) is 5.59. The maximum absolute atomic E-state index is 13.2. The standard InChI is InChI=1S/C12H14FN5O/c1-2-15-11-10(3-8(13)4-16-11)12(19)17-6-9-5-14-7-18-9/h3-5,7H,2,6H2,1H3,(H,14,18)(H,15,16)(H,17,19). The molecule has 3 N–H and O–H groups in total. The molecule has 6 nitrogen and oxygen atoms in total. The molecule has 7 heteroatoms. The summed E-state index contributed by atoms with van der Waals surface area (Å²) in [7, 11) is 0. The zero-order valence-corrected chi connectivity index (χ0v) is 10.4. The molecule has 0 aromatic carbocycles. The molecule has 0 fully saturated rings. The number of H-pyrrole nitrogens is 1. The van der Waals surface area contributed by atoms with E-state index in [0.29, 0.717) is 18.9 Å². The largest absolute Gasteiger partial charge is 0.370 e. The number of aromatic amines is 1. The molecule has 2 heterocycles. The minimum absolute atomic E-state index is 0.182. The Labute approximate surface area is 109 Å². The maximum Gasteiger partial charge on any atom is 0.255 e. The third kappa shape index (κ3) is 3.27. The van der Waals surface area contributed by atoms with Gasteiger partial charge in [0.1, 0.15) is 11.6 Å². The van der Waals surface area contributed by atoms with Crippen molar-refractivity contribution in [2.24, 2.45) is 0 Å². The molecule has 100 valence electrons. The Morgan fingerprint density at radius 2 is 2.32 bits per heavy atom. The quantitative estimate of drug-likeness (QED) is 0.759. The molecule has 0 radical (unpaired) electrons. The van der Waals surface area contributed by atoms with Gasteiger partial charge in [-0.2, -0.15) is 0 Å². The van der Waals surface area contributed by atoms with Crippen LogP contribution in [0.4, 0.5) is 10.2 Å². The minimum Gasteiger partial charge on any atom is -0.370 e. The van der Waals surface area contributed by atoms with Crippen LogP contribution in [0.15, 0.2) is 24.8 Å². The summed E-state index contributed by atoms with van der Waals surface area (Å²) in [6.07, 6.45) is 4.20. The van der Waals surface area contributed by atoms with Crippen molar-refractivity contribution in [3.05, 3.63) is 41.9 Å². The van der Waals surface area contributed by atoms with Crippen LogP contribution < -0.4 is 10.6 Å². The number of nitrogens with zero attached hydrogens (tertiary/aromatic N) is 2. The average molecular weight is 263 g/mol. The Kier molecular flexibility index (Phi) is 4.07. The molecule has 0 aliphatic heterocycles. The Morgan fingerprint density at radius 1 is 1.47 bits per heavy atom. The molecule has 2 aromatic heterocycles. The molecule has 2 aromatic rings. The van der Waals surface area contributed by atoms with E-state index >= 15 is 0 Å². The highest BCUT2D eigenvalue weighted by molar-refractivity contribution is 5.98. The number of hydrogen-bond acceptors (Lipinski definition) is 4. The smallest absolute Gasteiger partial charge is 0.255 e. The summed E-state index contributed by atoms with van der Waals surface area (Å²) >= 11 is 0. The van der Waals surface area contributed by atoms with Crippen molar-refractivity contribution < 1.29 is 9.18 Å². The van der Waals surface area contributed by atoms with E-state index in [1.807, 2.05) is 6.92 Å². The van der Waals surface area contributed by atoms with E-state index in [9.17, 15) is 9.18 Å². The third-order valence-corrected chi connectivity index (χ3v) is 2.44. The van der Waals surface area contributed by atoms with Gasteiger partial charge >= 0.3 is 0 Å². The van der Waals surface area contributed by atoms with Gasteiger partial charge < -0.3 is 15.6 Å². The van der Waals surface area contributed by atoms with Gasteiger partial charge in [-0.1, -0.05) is 0 Å². The number of halogens is 1. The Bertz CT molecular complexity index is 555. The molecule has 2 rings (SSSR count). The lowest BCUT2D eigenvalue weighted by Crippen LogP contribution is -2.24. The fraction of sp³-hybridized carbons (Fsp3) is 0.250. The summed E-state index contributed by atoms with van der Waals surface area (Å²) in [5.74, 6) is -0.572.